The number of allylic oxidation sites excluding steroid dienone is 7. The highest BCUT2D eigenvalue weighted by molar-refractivity contribution is 8.54. The maximum atomic E-state index is 13.2. The first-order valence-corrected chi connectivity index (χ1v) is 27.8. The Kier molecular flexibility index (Phi) is 21.0. The second kappa shape index (κ2) is 25.9. The van der Waals surface area contributed by atoms with E-state index in [4.69, 9.17) is 20.4 Å². The fourth-order valence-electron chi connectivity index (χ4n) is 9.27. The normalized spacial score (nSPS) is 17.0. The third-order valence-corrected chi connectivity index (χ3v) is 17.6. The van der Waals surface area contributed by atoms with Gasteiger partial charge in [0.05, 0.1) is 12.0 Å². The first kappa shape index (κ1) is 60.9. The van der Waals surface area contributed by atoms with Gasteiger partial charge in [-0.05, 0) is 123 Å². The monoisotopic (exact) mass is 1110 g/mol. The molecule has 4 N–H and O–H groups in total. The van der Waals surface area contributed by atoms with E-state index in [2.05, 4.69) is 166 Å². The summed E-state index contributed by atoms with van der Waals surface area (Å²) in [6.45, 7) is 17.7. The van der Waals surface area contributed by atoms with Crippen molar-refractivity contribution < 1.29 is 41.4 Å². The topological polar surface area (TPSA) is 94.5 Å². The van der Waals surface area contributed by atoms with Gasteiger partial charge in [-0.25, -0.2) is 14.2 Å². The van der Waals surface area contributed by atoms with E-state index in [-0.39, 0.29) is 10.8 Å². The Morgan fingerprint density at radius 3 is 2.16 bits per heavy atom. The van der Waals surface area contributed by atoms with Gasteiger partial charge in [-0.2, -0.15) is 13.2 Å². The Balaban J connectivity index is 0.000000528. The Bertz CT molecular complexity index is 3020. The summed E-state index contributed by atoms with van der Waals surface area (Å²) in [6.07, 6.45) is 9.71. The fourth-order valence-corrected chi connectivity index (χ4v) is 12.6. The summed E-state index contributed by atoms with van der Waals surface area (Å²) in [7, 11) is 4.09. The number of benzene rings is 5. The molecule has 5 aromatic carbocycles. The third kappa shape index (κ3) is 13.2. The predicted octanol–water partition coefficient (Wildman–Crippen LogP) is 17.3. The zero-order valence-electron chi connectivity index (χ0n) is 44.0. The number of nitrogens with two attached hydrogens (primary N) is 1. The average molecular weight is 1110 g/mol. The van der Waals surface area contributed by atoms with Gasteiger partial charge in [0.2, 0.25) is 0 Å². The Labute approximate surface area is 455 Å². The number of nitrogens with zero attached hydrogens (tertiary/aromatic N) is 2. The Morgan fingerprint density at radius 1 is 0.907 bits per heavy atom. The van der Waals surface area contributed by atoms with E-state index in [0.717, 1.165) is 36.1 Å². The van der Waals surface area contributed by atoms with Crippen LogP contribution in [-0.2, 0) is 21.5 Å². The maximum Gasteiger partial charge on any atom is 0.326 e. The minimum atomic E-state index is -4.87. The van der Waals surface area contributed by atoms with E-state index >= 15 is 0 Å². The molecule has 0 amide bonds. The molecule has 0 saturated carbocycles. The van der Waals surface area contributed by atoms with Gasteiger partial charge in [0.25, 0.3) is 4.38 Å². The lowest BCUT2D eigenvalue weighted by atomic mass is 9.77. The second-order valence-corrected chi connectivity index (χ2v) is 23.5. The van der Waals surface area contributed by atoms with Crippen LogP contribution >= 0.6 is 47.3 Å². The van der Waals surface area contributed by atoms with Crippen LogP contribution in [0.25, 0.3) is 27.6 Å². The van der Waals surface area contributed by atoms with Crippen LogP contribution in [-0.4, -0.2) is 50.6 Å². The number of hydrogen-bond donors (Lipinski definition) is 3. The van der Waals surface area contributed by atoms with Gasteiger partial charge in [-0.1, -0.05) is 175 Å². The summed E-state index contributed by atoms with van der Waals surface area (Å²) in [4.78, 5) is 10.9. The van der Waals surface area contributed by atoms with Crippen LogP contribution in [0.3, 0.4) is 0 Å². The third-order valence-electron chi connectivity index (χ3n) is 13.6. The number of likely N-dealkylation sites (N-methyl/N-ethyl adjacent to an activating group) is 1. The molecule has 7 rings (SSSR count). The molecule has 0 saturated heterocycles. The number of hydrogen-bond acceptors (Lipinski definition) is 9. The van der Waals surface area contributed by atoms with Crippen molar-refractivity contribution >= 4 is 95.1 Å². The van der Waals surface area contributed by atoms with E-state index in [1.54, 1.807) is 11.8 Å². The van der Waals surface area contributed by atoms with Gasteiger partial charge in [0, 0.05) is 64.4 Å². The summed E-state index contributed by atoms with van der Waals surface area (Å²) in [6, 6.07) is 36.7. The van der Waals surface area contributed by atoms with Crippen molar-refractivity contribution in [2.75, 3.05) is 19.0 Å². The first-order valence-electron chi connectivity index (χ1n) is 24.4. The molecule has 2 aliphatic rings. The Hall–Kier alpha value is -4.97. The number of thioether (sulfide) groups is 3. The van der Waals surface area contributed by atoms with Crippen molar-refractivity contribution in [2.24, 2.45) is 10.4 Å². The van der Waals surface area contributed by atoms with E-state index in [1.807, 2.05) is 39.1 Å². The number of aliphatic imine (C=N–C) groups is 1. The molecular weight excluding hydrogens is 1040 g/mol. The highest BCUT2D eigenvalue weighted by atomic mass is 32.2. The number of nitrogens with one attached hydrogen (secondary N) is 1. The van der Waals surface area contributed by atoms with Crippen LogP contribution < -0.4 is 10.3 Å². The van der Waals surface area contributed by atoms with Crippen molar-refractivity contribution in [3.63, 3.8) is 0 Å². The van der Waals surface area contributed by atoms with Crippen LogP contribution in [0, 0.1) is 10.8 Å². The lowest BCUT2D eigenvalue weighted by Crippen LogP contribution is -2.54. The zero-order chi connectivity index (χ0) is 55.5. The number of anilines is 1. The number of fused-ring (bicyclic) bond motifs is 4. The minimum Gasteiger partial charge on any atom is -0.347 e. The summed E-state index contributed by atoms with van der Waals surface area (Å²) >= 11 is 3.39. The van der Waals surface area contributed by atoms with Crippen LogP contribution in [0.4, 0.5) is 32.2 Å². The Morgan fingerprint density at radius 2 is 1.53 bits per heavy atom. The van der Waals surface area contributed by atoms with Crippen molar-refractivity contribution in [3.8, 4) is 0 Å². The van der Waals surface area contributed by atoms with E-state index in [1.165, 1.54) is 83.6 Å². The highest BCUT2D eigenvalue weighted by Crippen LogP contribution is 2.55. The summed E-state index contributed by atoms with van der Waals surface area (Å²) < 4.78 is 83.8. The largest absolute Gasteiger partial charge is 0.347 e. The van der Waals surface area contributed by atoms with Crippen LogP contribution in [0.15, 0.2) is 161 Å². The molecule has 0 aromatic heterocycles. The SMILES string of the molecule is C=Cc1cccc(CSC(=N)SC(=[NH2+])SC2=C(/C=C/C(=NC)C(C)(C)c3cccc4ccccc34)CCC/C2=C\C=C2\N(C)c3ccc4ccccc4c3C2(C)C)c1.CC.CC(C)(C(F)(OF)SO)C(F)(F)C(F)F. The quantitative estimate of drug-likeness (QED) is 0.0335. The molecule has 0 bridgehead atoms. The van der Waals surface area contributed by atoms with Crippen molar-refractivity contribution in [1.29, 1.82) is 5.41 Å². The molecule has 75 heavy (non-hydrogen) atoms. The number of alkyl halides is 5. The lowest BCUT2D eigenvalue weighted by Gasteiger charge is -2.39. The molecule has 1 unspecified atom stereocenters. The predicted molar refractivity (Wildman–Crippen MR) is 312 cm³/mol. The van der Waals surface area contributed by atoms with Gasteiger partial charge in [-0.15, -0.1) is 4.94 Å². The first-order chi connectivity index (χ1) is 35.5. The smallest absolute Gasteiger partial charge is 0.326 e. The van der Waals surface area contributed by atoms with E-state index < -0.39 is 35.0 Å². The molecule has 1 aliphatic heterocycles. The maximum absolute atomic E-state index is 13.2. The molecule has 6 nitrogen and oxygen atoms in total. The zero-order valence-corrected chi connectivity index (χ0v) is 47.3. The highest BCUT2D eigenvalue weighted by Gasteiger charge is 2.68. The second-order valence-electron chi connectivity index (χ2n) is 19.2. The van der Waals surface area contributed by atoms with E-state index in [9.17, 15) is 26.5 Å². The van der Waals surface area contributed by atoms with Gasteiger partial charge < -0.3 is 9.45 Å². The van der Waals surface area contributed by atoms with Gasteiger partial charge in [0.15, 0.2) is 0 Å². The molecular formula is C59H67F6N4O2S4+. The number of rotatable bonds is 14. The van der Waals surface area contributed by atoms with Crippen molar-refractivity contribution in [1.82, 2.24) is 0 Å². The molecule has 5 aromatic rings. The van der Waals surface area contributed by atoms with Crippen LogP contribution in [0.1, 0.15) is 96.9 Å². The molecule has 0 fully saturated rings. The van der Waals surface area contributed by atoms with Gasteiger partial charge >= 0.3 is 17.5 Å². The summed E-state index contributed by atoms with van der Waals surface area (Å²) in [5.41, 5.74) is 7.15. The van der Waals surface area contributed by atoms with Crippen LogP contribution in [0.5, 0.6) is 0 Å². The van der Waals surface area contributed by atoms with Gasteiger partial charge in [0.1, 0.15) is 9.79 Å². The molecule has 0 radical (unpaired) electrons. The molecule has 1 heterocycles. The van der Waals surface area contributed by atoms with Gasteiger partial charge in [-0.3, -0.25) is 10.4 Å². The van der Waals surface area contributed by atoms with E-state index in [0.29, 0.717) is 28.4 Å². The van der Waals surface area contributed by atoms with Crippen molar-refractivity contribution in [3.05, 3.63) is 178 Å². The molecule has 0 spiro atoms. The molecule has 16 heteroatoms. The minimum absolute atomic E-state index is 0.186. The fraction of sp³-hybridized carbons (Fsp3) is 0.339. The average Bonchev–Trinajstić information content (AvgIpc) is 3.60. The summed E-state index contributed by atoms with van der Waals surface area (Å²) in [5.74, 6) is -4.17. The van der Waals surface area contributed by atoms with Crippen LogP contribution in [0.2, 0.25) is 0 Å². The summed E-state index contributed by atoms with van der Waals surface area (Å²) in [5, 5.41) is 16.8. The molecule has 1 atom stereocenters. The standard InChI is InChI=1S/C51H52N4S3.C6H8F6O2S.C2H6/c1-8-34-16-13-17-35(32-34)33-56-48(52)58-49(53)57-47-38(27-30-44(54-6)50(2,3)42-25-15-20-36-18-9-11-23-40(36)42)21-14-22-39(47)28-31-45-51(4,5)46-41-24-12-10-19-37(41)26-29-43(46)55(45)7;1-4(2,5(9,10)3(7)8)6(11,14-12)15-13;1-2/h8-13,15-20,23-32,52-53H,1,14,21-22,33H2,2-7H3;3,13H,1-2H3;1-2H3/p+1/b30-27+,39-28+,45-31+,52-48?,53-49?,54-44?;;. The van der Waals surface area contributed by atoms with Crippen molar-refractivity contribution in [2.45, 2.75) is 109 Å². The number of halogens is 6. The molecule has 1 aliphatic carbocycles. The molecule has 400 valence electrons. The lowest BCUT2D eigenvalue weighted by molar-refractivity contribution is -0.337.